The number of nitrogens with zero attached hydrogens (tertiary/aromatic N) is 3. The molecule has 3 aromatic heterocycles. The van der Waals surface area contributed by atoms with E-state index in [1.165, 1.54) is 0 Å². The molecule has 0 radical (unpaired) electrons. The van der Waals surface area contributed by atoms with Crippen LogP contribution >= 0.6 is 95.6 Å². The smallest absolute Gasteiger partial charge is 0.297 e. The van der Waals surface area contributed by atoms with E-state index in [4.69, 9.17) is 9.97 Å². The predicted octanol–water partition coefficient (Wildman–Crippen LogP) is 15.4. The van der Waals surface area contributed by atoms with Gasteiger partial charge in [0.1, 0.15) is 0 Å². The topological polar surface area (TPSA) is 100 Å². The Morgan fingerprint density at radius 1 is 0.439 bits per heavy atom. The number of benzene rings is 4. The van der Waals surface area contributed by atoms with Gasteiger partial charge in [-0.1, -0.05) is 121 Å². The van der Waals surface area contributed by atoms with Crippen LogP contribution in [0.4, 0.5) is 0 Å². The van der Waals surface area contributed by atoms with E-state index in [1.54, 1.807) is 6.08 Å². The molecule has 0 amide bonds. The Hall–Kier alpha value is -4.24. The molecule has 2 aliphatic rings. The molecule has 2 aliphatic heterocycles. The molecule has 0 spiro atoms. The summed E-state index contributed by atoms with van der Waals surface area (Å²) in [5.41, 5.74) is 10.7. The molecule has 4 aromatic carbocycles. The van der Waals surface area contributed by atoms with Crippen LogP contribution in [-0.2, 0) is 0 Å². The minimum atomic E-state index is -0.365. The molecule has 0 fully saturated rings. The van der Waals surface area contributed by atoms with E-state index in [9.17, 15) is 10.1 Å². The average Bonchev–Trinajstić information content (AvgIpc) is 3.95. The van der Waals surface area contributed by atoms with Crippen molar-refractivity contribution < 1.29 is 4.92 Å². The van der Waals surface area contributed by atoms with Gasteiger partial charge in [-0.2, -0.15) is 0 Å². The SMILES string of the molecule is O=[N+]([O-])C1=Cc2nc1c(-c1ccccc1)c1[nH]c(c(Br)c1Br)c(-c1ccccc1)c1nc(c(-c3ccccc3)c3[nH]c(c(Br)c3Br)c2-c2ccccc2)C(Br)=C1Br. The zero-order valence-electron chi connectivity index (χ0n) is 29.1. The first-order valence-corrected chi connectivity index (χ1v) is 22.1. The number of nitrogens with one attached hydrogen (secondary N) is 2. The van der Waals surface area contributed by atoms with Crippen LogP contribution in [-0.4, -0.2) is 24.9 Å². The van der Waals surface area contributed by atoms with Gasteiger partial charge < -0.3 is 9.97 Å². The van der Waals surface area contributed by atoms with Crippen LogP contribution in [0.1, 0.15) is 22.8 Å². The van der Waals surface area contributed by atoms with Crippen molar-refractivity contribution in [1.29, 1.82) is 0 Å². The third-order valence-electron chi connectivity index (χ3n) is 9.76. The molecule has 7 aromatic rings. The lowest BCUT2D eigenvalue weighted by Gasteiger charge is -2.07. The lowest BCUT2D eigenvalue weighted by Crippen LogP contribution is -1.98. The number of halogens is 6. The van der Waals surface area contributed by atoms with Gasteiger partial charge in [-0.05, 0) is 118 Å². The van der Waals surface area contributed by atoms with E-state index in [0.717, 1.165) is 52.3 Å². The molecule has 278 valence electrons. The molecule has 5 heterocycles. The lowest BCUT2D eigenvalue weighted by molar-refractivity contribution is -0.374. The first-order valence-electron chi connectivity index (χ1n) is 17.3. The van der Waals surface area contributed by atoms with Gasteiger partial charge in [0.2, 0.25) is 0 Å². The van der Waals surface area contributed by atoms with Crippen molar-refractivity contribution in [2.45, 2.75) is 0 Å². The van der Waals surface area contributed by atoms with Crippen LogP contribution in [0.15, 0.2) is 139 Å². The normalized spacial score (nSPS) is 12.6. The third-order valence-corrected chi connectivity index (χ3v) is 16.1. The van der Waals surface area contributed by atoms with Crippen molar-refractivity contribution in [3.05, 3.63) is 172 Å². The number of aromatic nitrogens is 4. The van der Waals surface area contributed by atoms with Gasteiger partial charge in [0.05, 0.1) is 70.9 Å². The molecule has 57 heavy (non-hydrogen) atoms. The van der Waals surface area contributed by atoms with Gasteiger partial charge in [0.25, 0.3) is 5.70 Å². The summed E-state index contributed by atoms with van der Waals surface area (Å²) >= 11 is 23.6. The molecule has 7 nitrogen and oxygen atoms in total. The Balaban J connectivity index is 1.63. The number of rotatable bonds is 5. The molecule has 2 N–H and O–H groups in total. The standard InChI is InChI=1S/C44H23Br6N5O2/c45-32-33(46)41-30(24-17-9-3-10-18-24)43-36(49)37(50)44(54-43)31(25-19-11-4-12-20-25)42-35(48)34(47)40(53-42)29(23-15-7-2-8-16-23)38-27(55(56)57)21-26(51-38)28(39(32)52-41)22-13-5-1-6-14-22/h1-21,52-53H. The van der Waals surface area contributed by atoms with E-state index in [-0.39, 0.29) is 16.3 Å². The largest absolute Gasteiger partial charge is 0.352 e. The van der Waals surface area contributed by atoms with E-state index < -0.39 is 0 Å². The average molecular weight is 1130 g/mol. The summed E-state index contributed by atoms with van der Waals surface area (Å²) in [5, 5.41) is 13.2. The molecular formula is C44H23Br6N5O2. The monoisotopic (exact) mass is 1130 g/mol. The highest BCUT2D eigenvalue weighted by atomic mass is 79.9. The highest BCUT2D eigenvalue weighted by Gasteiger charge is 2.32. The van der Waals surface area contributed by atoms with Gasteiger partial charge in [0.15, 0.2) is 5.69 Å². The molecule has 0 saturated heterocycles. The summed E-state index contributed by atoms with van der Waals surface area (Å²) in [4.78, 5) is 30.9. The second-order valence-electron chi connectivity index (χ2n) is 13.0. The maximum absolute atomic E-state index is 13.2. The van der Waals surface area contributed by atoms with Crippen molar-refractivity contribution in [2.75, 3.05) is 0 Å². The van der Waals surface area contributed by atoms with Crippen LogP contribution in [0.2, 0.25) is 0 Å². The van der Waals surface area contributed by atoms with Crippen molar-refractivity contribution in [3.8, 4) is 44.5 Å². The van der Waals surface area contributed by atoms with Crippen molar-refractivity contribution in [1.82, 2.24) is 19.9 Å². The zero-order valence-corrected chi connectivity index (χ0v) is 38.6. The van der Waals surface area contributed by atoms with E-state index in [1.807, 2.05) is 121 Å². The number of fused-ring (bicyclic) bond motifs is 8. The number of H-pyrrole nitrogens is 2. The molecule has 0 aliphatic carbocycles. The molecular weight excluding hydrogens is 1110 g/mol. The number of hydrogen-bond acceptors (Lipinski definition) is 4. The predicted molar refractivity (Wildman–Crippen MR) is 253 cm³/mol. The second kappa shape index (κ2) is 15.5. The van der Waals surface area contributed by atoms with E-state index >= 15 is 0 Å². The van der Waals surface area contributed by atoms with Gasteiger partial charge in [-0.3, -0.25) is 10.1 Å². The fraction of sp³-hybridized carbons (Fsp3) is 0. The Morgan fingerprint density at radius 3 is 1.11 bits per heavy atom. The van der Waals surface area contributed by atoms with Crippen LogP contribution in [0.5, 0.6) is 0 Å². The van der Waals surface area contributed by atoms with E-state index in [2.05, 4.69) is 106 Å². The molecule has 13 heteroatoms. The fourth-order valence-electron chi connectivity index (χ4n) is 7.24. The maximum atomic E-state index is 13.2. The first-order chi connectivity index (χ1) is 27.6. The van der Waals surface area contributed by atoms with Crippen LogP contribution in [0, 0.1) is 10.1 Å². The highest BCUT2D eigenvalue weighted by molar-refractivity contribution is 9.18. The number of aromatic amines is 2. The second-order valence-corrected chi connectivity index (χ2v) is 17.8. The molecule has 8 bridgehead atoms. The Bertz CT molecular complexity index is 3040. The molecule has 9 rings (SSSR count). The number of nitro groups is 1. The minimum absolute atomic E-state index is 0.139. The van der Waals surface area contributed by atoms with Gasteiger partial charge >= 0.3 is 0 Å². The van der Waals surface area contributed by atoms with Gasteiger partial charge in [0, 0.05) is 28.3 Å². The summed E-state index contributed by atoms with van der Waals surface area (Å²) in [5.74, 6) is 0. The van der Waals surface area contributed by atoms with Crippen molar-refractivity contribution in [2.24, 2.45) is 0 Å². The van der Waals surface area contributed by atoms with Crippen LogP contribution < -0.4 is 0 Å². The summed E-state index contributed by atoms with van der Waals surface area (Å²) in [7, 11) is 0. The summed E-state index contributed by atoms with van der Waals surface area (Å²) in [6, 6.07) is 39.4. The minimum Gasteiger partial charge on any atom is -0.352 e. The lowest BCUT2D eigenvalue weighted by atomic mass is 10.0. The number of hydrogen-bond donors (Lipinski definition) is 2. The zero-order chi connectivity index (χ0) is 39.5. The molecule has 0 unspecified atom stereocenters. The quantitative estimate of drug-likeness (QED) is 0.132. The van der Waals surface area contributed by atoms with Crippen LogP contribution in [0.3, 0.4) is 0 Å². The summed E-state index contributed by atoms with van der Waals surface area (Å²) < 4.78 is 4.34. The molecule has 0 atom stereocenters. The van der Waals surface area contributed by atoms with Gasteiger partial charge in [-0.15, -0.1) is 0 Å². The summed E-state index contributed by atoms with van der Waals surface area (Å²) in [6.07, 6.45) is 1.56. The summed E-state index contributed by atoms with van der Waals surface area (Å²) in [6.45, 7) is 0. The highest BCUT2D eigenvalue weighted by Crippen LogP contribution is 2.51. The van der Waals surface area contributed by atoms with Crippen molar-refractivity contribution in [3.63, 3.8) is 0 Å². The maximum Gasteiger partial charge on any atom is 0.297 e. The first kappa shape index (κ1) is 38.3. The van der Waals surface area contributed by atoms with Crippen molar-refractivity contribution >= 4 is 138 Å². The Morgan fingerprint density at radius 2 is 0.754 bits per heavy atom. The Labute approximate surface area is 376 Å². The third kappa shape index (κ3) is 6.56. The van der Waals surface area contributed by atoms with Crippen LogP contribution in [0.25, 0.3) is 87.3 Å². The molecule has 0 saturated carbocycles. The fourth-order valence-corrected chi connectivity index (χ4v) is 10.2. The Kier molecular flexibility index (Phi) is 10.4. The van der Waals surface area contributed by atoms with Gasteiger partial charge in [-0.25, -0.2) is 9.97 Å². The van der Waals surface area contributed by atoms with E-state index in [0.29, 0.717) is 58.2 Å².